The normalized spacial score (nSPS) is 31.1. The fourth-order valence-corrected chi connectivity index (χ4v) is 5.07. The van der Waals surface area contributed by atoms with Crippen molar-refractivity contribution in [2.24, 2.45) is 5.41 Å². The average Bonchev–Trinajstić information content (AvgIpc) is 3.23. The second kappa shape index (κ2) is 7.92. The lowest BCUT2D eigenvalue weighted by Crippen LogP contribution is -2.52. The van der Waals surface area contributed by atoms with Gasteiger partial charge in [0, 0.05) is 19.6 Å². The number of hydrogen-bond donors (Lipinski definition) is 3. The van der Waals surface area contributed by atoms with Crippen molar-refractivity contribution in [1.29, 1.82) is 0 Å². The van der Waals surface area contributed by atoms with Crippen LogP contribution in [0.1, 0.15) is 30.9 Å². The van der Waals surface area contributed by atoms with Crippen molar-refractivity contribution < 1.29 is 4.79 Å². The van der Waals surface area contributed by atoms with E-state index in [0.717, 1.165) is 39.0 Å². The highest BCUT2D eigenvalue weighted by Gasteiger charge is 2.44. The van der Waals surface area contributed by atoms with Gasteiger partial charge < -0.3 is 10.2 Å². The highest BCUT2D eigenvalue weighted by atomic mass is 79.9. The predicted octanol–water partition coefficient (Wildman–Crippen LogP) is 1.99. The Morgan fingerprint density at radius 1 is 1.12 bits per heavy atom. The number of alkyl halides is 1. The average molecular weight is 430 g/mol. The van der Waals surface area contributed by atoms with Crippen LogP contribution in [0.25, 0.3) is 0 Å². The lowest BCUT2D eigenvalue weighted by Gasteiger charge is -2.40. The summed E-state index contributed by atoms with van der Waals surface area (Å²) < 4.78 is 0. The number of carbonyl (C=O) groups excluding carboxylic acids is 1. The molecule has 0 aliphatic carbocycles. The van der Waals surface area contributed by atoms with Crippen LogP contribution in [0.4, 0.5) is 0 Å². The quantitative estimate of drug-likeness (QED) is 0.629. The smallest absolute Gasteiger partial charge is 0.242 e. The van der Waals surface area contributed by atoms with Gasteiger partial charge in [-0.15, -0.1) is 12.4 Å². The maximum absolute atomic E-state index is 13.0. The van der Waals surface area contributed by atoms with E-state index < -0.39 is 0 Å². The molecular formula is C18H26BrClN4O. The van der Waals surface area contributed by atoms with Gasteiger partial charge in [0.1, 0.15) is 6.04 Å². The summed E-state index contributed by atoms with van der Waals surface area (Å²) >= 11 is 3.75. The third-order valence-electron chi connectivity index (χ3n) is 5.92. The number of rotatable bonds is 2. The van der Waals surface area contributed by atoms with E-state index in [4.69, 9.17) is 0 Å². The third kappa shape index (κ3) is 3.74. The SMILES string of the molecule is Cl.O=C(C1NNC(c2ccccc2)C1Br)N1CCC2(CCNC2)CC1. The van der Waals surface area contributed by atoms with Crippen molar-refractivity contribution in [2.75, 3.05) is 26.2 Å². The van der Waals surface area contributed by atoms with Gasteiger partial charge in [0.05, 0.1) is 10.9 Å². The first-order valence-corrected chi connectivity index (χ1v) is 9.80. The summed E-state index contributed by atoms with van der Waals surface area (Å²) in [6, 6.07) is 10.2. The zero-order chi connectivity index (χ0) is 16.6. The Labute approximate surface area is 163 Å². The van der Waals surface area contributed by atoms with Gasteiger partial charge in [0.25, 0.3) is 0 Å². The summed E-state index contributed by atoms with van der Waals surface area (Å²) in [6.07, 6.45) is 3.51. The minimum absolute atomic E-state index is 0. The number of nitrogens with one attached hydrogen (secondary N) is 3. The zero-order valence-electron chi connectivity index (χ0n) is 14.2. The molecule has 0 aromatic heterocycles. The molecule has 0 saturated carbocycles. The zero-order valence-corrected chi connectivity index (χ0v) is 16.6. The summed E-state index contributed by atoms with van der Waals surface area (Å²) in [4.78, 5) is 15.1. The lowest BCUT2D eigenvalue weighted by molar-refractivity contribution is -0.135. The summed E-state index contributed by atoms with van der Waals surface area (Å²) in [6.45, 7) is 4.02. The number of carbonyl (C=O) groups is 1. The number of halogens is 2. The molecule has 138 valence electrons. The monoisotopic (exact) mass is 428 g/mol. The molecule has 3 saturated heterocycles. The molecule has 7 heteroatoms. The number of benzene rings is 1. The van der Waals surface area contributed by atoms with Crippen molar-refractivity contribution in [3.63, 3.8) is 0 Å². The maximum Gasteiger partial charge on any atom is 0.242 e. The predicted molar refractivity (Wildman–Crippen MR) is 105 cm³/mol. The van der Waals surface area contributed by atoms with Crippen LogP contribution >= 0.6 is 28.3 Å². The van der Waals surface area contributed by atoms with Crippen LogP contribution in [0.15, 0.2) is 30.3 Å². The molecule has 1 aromatic carbocycles. The highest BCUT2D eigenvalue weighted by Crippen LogP contribution is 2.37. The second-order valence-electron chi connectivity index (χ2n) is 7.35. The van der Waals surface area contributed by atoms with Gasteiger partial charge in [-0.2, -0.15) is 0 Å². The Morgan fingerprint density at radius 3 is 2.48 bits per heavy atom. The van der Waals surface area contributed by atoms with Crippen LogP contribution in [-0.4, -0.2) is 47.9 Å². The number of nitrogens with zero attached hydrogens (tertiary/aromatic N) is 1. The van der Waals surface area contributed by atoms with E-state index in [0.29, 0.717) is 5.41 Å². The first-order valence-electron chi connectivity index (χ1n) is 8.88. The molecule has 3 fully saturated rings. The molecule has 3 heterocycles. The van der Waals surface area contributed by atoms with Gasteiger partial charge in [0.2, 0.25) is 5.91 Å². The summed E-state index contributed by atoms with van der Waals surface area (Å²) in [7, 11) is 0. The summed E-state index contributed by atoms with van der Waals surface area (Å²) in [5.74, 6) is 0.212. The van der Waals surface area contributed by atoms with Gasteiger partial charge in [-0.1, -0.05) is 46.3 Å². The standard InChI is InChI=1S/C18H25BrN4O.ClH/c19-14-15(13-4-2-1-3-5-13)21-22-16(14)17(24)23-10-7-18(8-11-23)6-9-20-12-18;/h1-5,14-16,20-22H,6-12H2;1H. The van der Waals surface area contributed by atoms with Crippen LogP contribution in [0.3, 0.4) is 0 Å². The van der Waals surface area contributed by atoms with Crippen LogP contribution in [0.5, 0.6) is 0 Å². The fourth-order valence-electron chi connectivity index (χ4n) is 4.28. The molecule has 3 unspecified atom stereocenters. The molecule has 0 bridgehead atoms. The first kappa shape index (κ1) is 19.1. The van der Waals surface area contributed by atoms with Crippen LogP contribution in [-0.2, 0) is 4.79 Å². The molecule has 3 aliphatic heterocycles. The number of hydrazine groups is 1. The lowest BCUT2D eigenvalue weighted by atomic mass is 9.77. The topological polar surface area (TPSA) is 56.4 Å². The van der Waals surface area contributed by atoms with E-state index in [1.807, 2.05) is 23.1 Å². The van der Waals surface area contributed by atoms with Gasteiger partial charge in [0.15, 0.2) is 0 Å². The Bertz CT molecular complexity index is 586. The molecule has 0 radical (unpaired) electrons. The molecule has 4 rings (SSSR count). The minimum Gasteiger partial charge on any atom is -0.341 e. The molecular weight excluding hydrogens is 404 g/mol. The van der Waals surface area contributed by atoms with Crippen LogP contribution < -0.4 is 16.2 Å². The number of likely N-dealkylation sites (tertiary alicyclic amines) is 1. The molecule has 1 aromatic rings. The van der Waals surface area contributed by atoms with Crippen molar-refractivity contribution >= 4 is 34.2 Å². The number of hydrogen-bond acceptors (Lipinski definition) is 4. The Hall–Kier alpha value is -0.660. The fraction of sp³-hybridized carbons (Fsp3) is 0.611. The Balaban J connectivity index is 0.00000182. The van der Waals surface area contributed by atoms with Crippen molar-refractivity contribution in [1.82, 2.24) is 21.1 Å². The summed E-state index contributed by atoms with van der Waals surface area (Å²) in [5, 5.41) is 3.48. The van der Waals surface area contributed by atoms with Crippen molar-refractivity contribution in [3.05, 3.63) is 35.9 Å². The van der Waals surface area contributed by atoms with Crippen LogP contribution in [0, 0.1) is 5.41 Å². The number of piperidine rings is 1. The van der Waals surface area contributed by atoms with E-state index in [1.165, 1.54) is 12.0 Å². The molecule has 1 amide bonds. The Kier molecular flexibility index (Phi) is 6.06. The molecule has 3 atom stereocenters. The van der Waals surface area contributed by atoms with E-state index in [-0.39, 0.29) is 35.2 Å². The van der Waals surface area contributed by atoms with Crippen LogP contribution in [0.2, 0.25) is 0 Å². The molecule has 25 heavy (non-hydrogen) atoms. The summed E-state index contributed by atoms with van der Waals surface area (Å²) in [5.41, 5.74) is 8.13. The first-order chi connectivity index (χ1) is 11.7. The minimum atomic E-state index is -0.217. The van der Waals surface area contributed by atoms with E-state index in [1.54, 1.807) is 0 Å². The van der Waals surface area contributed by atoms with Crippen molar-refractivity contribution in [2.45, 2.75) is 36.2 Å². The molecule has 5 nitrogen and oxygen atoms in total. The maximum atomic E-state index is 13.0. The molecule has 3 N–H and O–H groups in total. The van der Waals surface area contributed by atoms with Gasteiger partial charge in [-0.05, 0) is 36.8 Å². The molecule has 1 spiro atoms. The second-order valence-corrected chi connectivity index (χ2v) is 8.41. The van der Waals surface area contributed by atoms with E-state index in [9.17, 15) is 4.79 Å². The van der Waals surface area contributed by atoms with Crippen molar-refractivity contribution in [3.8, 4) is 0 Å². The van der Waals surface area contributed by atoms with Gasteiger partial charge in [-0.25, -0.2) is 10.9 Å². The number of amides is 1. The Morgan fingerprint density at radius 2 is 1.84 bits per heavy atom. The van der Waals surface area contributed by atoms with E-state index >= 15 is 0 Å². The molecule has 3 aliphatic rings. The largest absolute Gasteiger partial charge is 0.341 e. The van der Waals surface area contributed by atoms with Gasteiger partial charge >= 0.3 is 0 Å². The van der Waals surface area contributed by atoms with E-state index in [2.05, 4.69) is 44.2 Å². The van der Waals surface area contributed by atoms with Gasteiger partial charge in [-0.3, -0.25) is 4.79 Å². The third-order valence-corrected chi connectivity index (χ3v) is 6.98. The highest BCUT2D eigenvalue weighted by molar-refractivity contribution is 9.09.